The fourth-order valence-electron chi connectivity index (χ4n) is 7.56. The molecule has 5 N–H and O–H groups in total. The molecule has 0 bridgehead atoms. The van der Waals surface area contributed by atoms with Crippen LogP contribution < -0.4 is 10.7 Å². The molecule has 2 aliphatic rings. The van der Waals surface area contributed by atoms with E-state index in [0.717, 1.165) is 6.07 Å². The largest absolute Gasteiger partial charge is 0.456 e. The Bertz CT molecular complexity index is 3280. The van der Waals surface area contributed by atoms with Gasteiger partial charge in [-0.1, -0.05) is 67.5 Å². The average Bonchev–Trinajstić information content (AvgIpc) is 3.14. The van der Waals surface area contributed by atoms with E-state index in [1.807, 2.05) is 27.7 Å². The number of hydrogen-bond donors (Lipinski definition) is 5. The van der Waals surface area contributed by atoms with Crippen molar-refractivity contribution >= 4 is 68.5 Å². The van der Waals surface area contributed by atoms with Crippen molar-refractivity contribution in [3.63, 3.8) is 0 Å². The Morgan fingerprint density at radius 2 is 1.03 bits per heavy atom. The number of rotatable bonds is 12. The summed E-state index contributed by atoms with van der Waals surface area (Å²) in [5.41, 5.74) is 3.71. The zero-order chi connectivity index (χ0) is 46.9. The molecule has 1 heterocycles. The van der Waals surface area contributed by atoms with Gasteiger partial charge in [0.05, 0.1) is 20.8 Å². The van der Waals surface area contributed by atoms with Gasteiger partial charge in [-0.25, -0.2) is 4.99 Å². The summed E-state index contributed by atoms with van der Waals surface area (Å²) in [7, 11) is -19.3. The first-order valence-electron chi connectivity index (χ1n) is 19.7. The molecule has 336 valence electrons. The SMILES string of the molecule is Cc1ccc(-c2c3cc(S(=O)(=O)O)/c(=N/c4c(C(C)C)cc(S(=O)(=O)O)cc4C(C)C)cc-3oc3cc(Nc4c(C(C)C)cc(S(=O)(=O)O)cc4C(C)C)ccc23)c(S(=O)(=O)O)c1. The van der Waals surface area contributed by atoms with Gasteiger partial charge in [0.25, 0.3) is 40.5 Å². The summed E-state index contributed by atoms with van der Waals surface area (Å²) in [6.07, 6.45) is 0. The number of hydrogen-bond acceptors (Lipinski definition) is 11. The van der Waals surface area contributed by atoms with E-state index in [-0.39, 0.29) is 66.1 Å². The summed E-state index contributed by atoms with van der Waals surface area (Å²) < 4.78 is 149. The maximum Gasteiger partial charge on any atom is 0.296 e. The second kappa shape index (κ2) is 16.9. The Morgan fingerprint density at radius 3 is 1.49 bits per heavy atom. The summed E-state index contributed by atoms with van der Waals surface area (Å²) in [6.45, 7) is 16.1. The van der Waals surface area contributed by atoms with Gasteiger partial charge < -0.3 is 9.73 Å². The summed E-state index contributed by atoms with van der Waals surface area (Å²) in [5.74, 6) is -1.29. The minimum atomic E-state index is -5.12. The van der Waals surface area contributed by atoms with Gasteiger partial charge in [0.2, 0.25) is 0 Å². The highest BCUT2D eigenvalue weighted by Gasteiger charge is 2.29. The molecule has 0 saturated carbocycles. The van der Waals surface area contributed by atoms with Crippen LogP contribution >= 0.6 is 0 Å². The maximum atomic E-state index is 13.3. The molecule has 0 fully saturated rings. The van der Waals surface area contributed by atoms with Crippen molar-refractivity contribution in [1.82, 2.24) is 0 Å². The van der Waals surface area contributed by atoms with Crippen molar-refractivity contribution < 1.29 is 56.3 Å². The first-order valence-corrected chi connectivity index (χ1v) is 25.5. The van der Waals surface area contributed by atoms with Gasteiger partial charge in [0.1, 0.15) is 21.1 Å². The van der Waals surface area contributed by atoms with Crippen molar-refractivity contribution in [2.75, 3.05) is 5.32 Å². The summed E-state index contributed by atoms with van der Waals surface area (Å²) in [5, 5.41) is 3.32. The number of aryl methyl sites for hydroxylation is 1. The van der Waals surface area contributed by atoms with Gasteiger partial charge in [-0.3, -0.25) is 18.2 Å². The lowest BCUT2D eigenvalue weighted by atomic mass is 9.91. The third-order valence-corrected chi connectivity index (χ3v) is 14.1. The van der Waals surface area contributed by atoms with Gasteiger partial charge in [0, 0.05) is 45.6 Å². The second-order valence-electron chi connectivity index (χ2n) is 16.7. The minimum Gasteiger partial charge on any atom is -0.456 e. The molecular formula is C44H48N2O13S4. The molecule has 0 spiro atoms. The summed E-state index contributed by atoms with van der Waals surface area (Å²) in [6, 6.07) is 16.7. The number of benzene rings is 5. The van der Waals surface area contributed by atoms with Crippen LogP contribution in [-0.2, 0) is 40.5 Å². The molecule has 0 unspecified atom stereocenters. The Balaban J connectivity index is 1.77. The van der Waals surface area contributed by atoms with E-state index in [0.29, 0.717) is 39.2 Å². The molecule has 1 aliphatic carbocycles. The average molecular weight is 941 g/mol. The quantitative estimate of drug-likeness (QED) is 0.0565. The van der Waals surface area contributed by atoms with Crippen LogP contribution in [0, 0.1) is 6.92 Å². The number of nitrogens with zero attached hydrogens (tertiary/aromatic N) is 1. The molecule has 6 rings (SSSR count). The van der Waals surface area contributed by atoms with Crippen LogP contribution in [0.4, 0.5) is 17.1 Å². The fraction of sp³-hybridized carbons (Fsp3) is 0.295. The third kappa shape index (κ3) is 9.75. The highest BCUT2D eigenvalue weighted by Crippen LogP contribution is 2.45. The smallest absolute Gasteiger partial charge is 0.296 e. The van der Waals surface area contributed by atoms with Gasteiger partial charge in [0.15, 0.2) is 0 Å². The third-order valence-electron chi connectivity index (χ3n) is 10.7. The second-order valence-corrected chi connectivity index (χ2v) is 22.3. The Kier molecular flexibility index (Phi) is 12.7. The molecule has 19 heteroatoms. The van der Waals surface area contributed by atoms with Crippen LogP contribution in [0.5, 0.6) is 0 Å². The van der Waals surface area contributed by atoms with E-state index in [1.165, 1.54) is 42.5 Å². The molecule has 1 aliphatic heterocycles. The minimum absolute atomic E-state index is 0.00316. The highest BCUT2D eigenvalue weighted by atomic mass is 32.2. The Labute approximate surface area is 367 Å². The molecule has 4 aromatic rings. The number of anilines is 2. The number of fused-ring (bicyclic) bond motifs is 2. The molecule has 0 saturated heterocycles. The van der Waals surface area contributed by atoms with E-state index in [1.54, 1.807) is 58.9 Å². The maximum absolute atomic E-state index is 13.3. The van der Waals surface area contributed by atoms with Crippen molar-refractivity contribution in [2.24, 2.45) is 4.99 Å². The molecule has 63 heavy (non-hydrogen) atoms. The van der Waals surface area contributed by atoms with E-state index in [9.17, 15) is 51.9 Å². The van der Waals surface area contributed by atoms with Crippen molar-refractivity contribution in [3.05, 3.63) is 106 Å². The summed E-state index contributed by atoms with van der Waals surface area (Å²) >= 11 is 0. The van der Waals surface area contributed by atoms with Crippen molar-refractivity contribution in [2.45, 2.75) is 106 Å². The lowest BCUT2D eigenvalue weighted by Crippen LogP contribution is -2.17. The van der Waals surface area contributed by atoms with E-state index in [2.05, 4.69) is 5.32 Å². The molecule has 0 amide bonds. The van der Waals surface area contributed by atoms with Crippen LogP contribution in [-0.4, -0.2) is 51.9 Å². The lowest BCUT2D eigenvalue weighted by Gasteiger charge is -2.23. The van der Waals surface area contributed by atoms with Gasteiger partial charge >= 0.3 is 0 Å². The van der Waals surface area contributed by atoms with E-state index in [4.69, 9.17) is 9.41 Å². The Morgan fingerprint density at radius 1 is 0.540 bits per heavy atom. The normalized spacial score (nSPS) is 13.4. The zero-order valence-corrected chi connectivity index (χ0v) is 39.0. The van der Waals surface area contributed by atoms with Crippen molar-refractivity contribution in [3.8, 4) is 22.5 Å². The first kappa shape index (κ1) is 47.5. The van der Waals surface area contributed by atoms with Gasteiger partial charge in [-0.2, -0.15) is 33.7 Å². The van der Waals surface area contributed by atoms with Crippen LogP contribution in [0.2, 0.25) is 0 Å². The number of nitrogens with one attached hydrogen (secondary N) is 1. The predicted octanol–water partition coefficient (Wildman–Crippen LogP) is 9.97. The molecule has 0 radical (unpaired) electrons. The molecule has 0 aromatic heterocycles. The highest BCUT2D eigenvalue weighted by molar-refractivity contribution is 7.86. The Hall–Kier alpha value is -4.99. The van der Waals surface area contributed by atoms with E-state index >= 15 is 0 Å². The zero-order valence-electron chi connectivity index (χ0n) is 35.8. The molecule has 15 nitrogen and oxygen atoms in total. The standard InChI is InChI=1S/C44H48N2O13S4/c1-22(2)32-16-28(60(47,48)49)17-33(23(3)4)43(32)45-27-11-13-30-38(15-27)59-39-21-37(46-44-34(24(5)6)18-29(61(50,51)52)19-35(44)25(7)8)41(63(56,57)58)20-36(39)42(30)31-12-10-26(9)14-40(31)62(53,54)55/h10-25,45H,1-9H3,(H,47,48,49)(H,50,51,52)(H,53,54,55)(H,56,57,58)/b46-37+. The topological polar surface area (TPSA) is 255 Å². The van der Waals surface area contributed by atoms with Crippen molar-refractivity contribution in [1.29, 1.82) is 0 Å². The lowest BCUT2D eigenvalue weighted by molar-refractivity contribution is 0.480. The first-order chi connectivity index (χ1) is 29.0. The molecule has 0 atom stereocenters. The van der Waals surface area contributed by atoms with Gasteiger partial charge in [-0.15, -0.1) is 0 Å². The van der Waals surface area contributed by atoms with Crippen LogP contribution in [0.15, 0.2) is 102 Å². The van der Waals surface area contributed by atoms with Crippen LogP contribution in [0.1, 0.15) is 107 Å². The fourth-order valence-corrected chi connectivity index (χ4v) is 10.1. The predicted molar refractivity (Wildman–Crippen MR) is 240 cm³/mol. The summed E-state index contributed by atoms with van der Waals surface area (Å²) in [4.78, 5) is 2.89. The van der Waals surface area contributed by atoms with E-state index < -0.39 is 62.1 Å². The molecular weight excluding hydrogens is 893 g/mol. The van der Waals surface area contributed by atoms with Crippen LogP contribution in [0.3, 0.4) is 0 Å². The molecule has 4 aromatic carbocycles. The van der Waals surface area contributed by atoms with Gasteiger partial charge in [-0.05, 0) is 107 Å². The monoisotopic (exact) mass is 940 g/mol. The van der Waals surface area contributed by atoms with Crippen LogP contribution in [0.25, 0.3) is 33.4 Å².